The summed E-state index contributed by atoms with van der Waals surface area (Å²) in [7, 11) is 1.69. The number of aliphatic hydroxyl groups is 1. The first-order valence-corrected chi connectivity index (χ1v) is 10.3. The number of aliphatic hydroxyl groups excluding tert-OH is 1. The molecule has 3 N–H and O–H groups in total. The molecule has 4 heteroatoms. The largest absolute Gasteiger partial charge is 0.392 e. The lowest BCUT2D eigenvalue weighted by Crippen LogP contribution is -2.27. The van der Waals surface area contributed by atoms with E-state index in [-0.39, 0.29) is 12.0 Å². The Bertz CT molecular complexity index is 272. The van der Waals surface area contributed by atoms with Crippen LogP contribution in [0.15, 0.2) is 0 Å². The molecular formula is C20H42N2O2. The Morgan fingerprint density at radius 1 is 0.875 bits per heavy atom. The Balaban J connectivity index is 3.18. The zero-order valence-electron chi connectivity index (χ0n) is 16.2. The van der Waals surface area contributed by atoms with Crippen LogP contribution in [0, 0.1) is 0 Å². The lowest BCUT2D eigenvalue weighted by Gasteiger charge is -2.11. The molecule has 0 radical (unpaired) electrons. The highest BCUT2D eigenvalue weighted by molar-refractivity contribution is 5.75. The second-order valence-electron chi connectivity index (χ2n) is 6.96. The molecule has 4 nitrogen and oxygen atoms in total. The molecule has 0 aliphatic rings. The molecule has 0 spiro atoms. The van der Waals surface area contributed by atoms with Crippen LogP contribution in [-0.4, -0.2) is 37.3 Å². The summed E-state index contributed by atoms with van der Waals surface area (Å²) < 4.78 is 0. The number of carbonyl (C=O) groups is 1. The van der Waals surface area contributed by atoms with Crippen LogP contribution in [0.5, 0.6) is 0 Å². The van der Waals surface area contributed by atoms with E-state index in [0.29, 0.717) is 6.42 Å². The van der Waals surface area contributed by atoms with Crippen LogP contribution in [0.3, 0.4) is 0 Å². The van der Waals surface area contributed by atoms with Crippen LogP contribution >= 0.6 is 0 Å². The molecule has 1 amide bonds. The lowest BCUT2D eigenvalue weighted by molar-refractivity contribution is -0.120. The monoisotopic (exact) mass is 342 g/mol. The highest BCUT2D eigenvalue weighted by atomic mass is 16.3. The summed E-state index contributed by atoms with van der Waals surface area (Å²) >= 11 is 0. The number of nitrogens with one attached hydrogen (secondary N) is 2. The molecule has 0 fully saturated rings. The van der Waals surface area contributed by atoms with Crippen molar-refractivity contribution < 1.29 is 9.90 Å². The highest BCUT2D eigenvalue weighted by Crippen LogP contribution is 2.10. The topological polar surface area (TPSA) is 61.4 Å². The molecule has 0 aromatic rings. The number of hydrogen-bond acceptors (Lipinski definition) is 3. The summed E-state index contributed by atoms with van der Waals surface area (Å²) in [6.45, 7) is 4.02. The average molecular weight is 343 g/mol. The number of amides is 1. The van der Waals surface area contributed by atoms with Crippen LogP contribution in [0.4, 0.5) is 0 Å². The molecule has 0 aliphatic carbocycles. The molecular weight excluding hydrogens is 300 g/mol. The second-order valence-corrected chi connectivity index (χ2v) is 6.96. The summed E-state index contributed by atoms with van der Waals surface area (Å²) in [5.74, 6) is 0.145. The first kappa shape index (κ1) is 23.4. The van der Waals surface area contributed by atoms with Gasteiger partial charge in [-0.15, -0.1) is 0 Å². The number of carbonyl (C=O) groups excluding carboxylic acids is 1. The van der Waals surface area contributed by atoms with Gasteiger partial charge in [0.15, 0.2) is 0 Å². The normalized spacial score (nSPS) is 12.3. The van der Waals surface area contributed by atoms with Crippen LogP contribution < -0.4 is 10.6 Å². The maximum atomic E-state index is 11.1. The van der Waals surface area contributed by atoms with E-state index < -0.39 is 0 Å². The minimum Gasteiger partial charge on any atom is -0.392 e. The van der Waals surface area contributed by atoms with Crippen molar-refractivity contribution >= 4 is 5.91 Å². The van der Waals surface area contributed by atoms with E-state index in [2.05, 4.69) is 17.6 Å². The molecule has 24 heavy (non-hydrogen) atoms. The molecule has 0 bridgehead atoms. The minimum atomic E-state index is -0.196. The van der Waals surface area contributed by atoms with Crippen LogP contribution in [0.1, 0.15) is 96.8 Å². The van der Waals surface area contributed by atoms with E-state index in [1.54, 1.807) is 7.05 Å². The van der Waals surface area contributed by atoms with Gasteiger partial charge in [-0.25, -0.2) is 0 Å². The molecule has 1 atom stereocenters. The second kappa shape index (κ2) is 18.7. The number of hydrogen-bond donors (Lipinski definition) is 3. The van der Waals surface area contributed by atoms with Crippen molar-refractivity contribution in [1.29, 1.82) is 0 Å². The molecule has 1 unspecified atom stereocenters. The van der Waals surface area contributed by atoms with Gasteiger partial charge in [-0.3, -0.25) is 4.79 Å². The van der Waals surface area contributed by atoms with Gasteiger partial charge in [-0.05, 0) is 25.8 Å². The molecule has 144 valence electrons. The summed E-state index contributed by atoms with van der Waals surface area (Å²) in [4.78, 5) is 11.1. The molecule has 0 rings (SSSR count). The van der Waals surface area contributed by atoms with Gasteiger partial charge in [0.25, 0.3) is 0 Å². The lowest BCUT2D eigenvalue weighted by atomic mass is 10.1. The first-order chi connectivity index (χ1) is 11.7. The van der Waals surface area contributed by atoms with E-state index in [9.17, 15) is 9.90 Å². The van der Waals surface area contributed by atoms with Crippen molar-refractivity contribution in [3.05, 3.63) is 0 Å². The maximum Gasteiger partial charge on any atom is 0.219 e. The Morgan fingerprint density at radius 3 is 2.12 bits per heavy atom. The van der Waals surface area contributed by atoms with Crippen molar-refractivity contribution in [2.45, 2.75) is 103 Å². The zero-order valence-corrected chi connectivity index (χ0v) is 16.2. The van der Waals surface area contributed by atoms with Crippen molar-refractivity contribution in [1.82, 2.24) is 10.6 Å². The summed E-state index contributed by atoms with van der Waals surface area (Å²) in [6, 6.07) is 0. The van der Waals surface area contributed by atoms with Crippen LogP contribution in [0.25, 0.3) is 0 Å². The standard InChI is InChI=1S/C20H42N2O2/c1-3-4-5-6-11-14-17-22-18-19(23)15-12-9-7-8-10-13-16-20(24)21-2/h19,22-23H,3-18H2,1-2H3,(H,21,24). The van der Waals surface area contributed by atoms with Crippen molar-refractivity contribution in [2.24, 2.45) is 0 Å². The van der Waals surface area contributed by atoms with Crippen molar-refractivity contribution in [3.63, 3.8) is 0 Å². The third-order valence-corrected chi connectivity index (χ3v) is 4.56. The van der Waals surface area contributed by atoms with Crippen LogP contribution in [-0.2, 0) is 4.79 Å². The Morgan fingerprint density at radius 2 is 1.46 bits per heavy atom. The van der Waals surface area contributed by atoms with Gasteiger partial charge in [-0.1, -0.05) is 71.1 Å². The van der Waals surface area contributed by atoms with E-state index in [0.717, 1.165) is 38.8 Å². The van der Waals surface area contributed by atoms with Crippen molar-refractivity contribution in [3.8, 4) is 0 Å². The zero-order chi connectivity index (χ0) is 17.9. The Kier molecular flexibility index (Phi) is 18.2. The Labute approximate surface area is 150 Å². The van der Waals surface area contributed by atoms with Gasteiger partial charge in [0, 0.05) is 20.0 Å². The summed E-state index contributed by atoms with van der Waals surface area (Å²) in [6.07, 6.45) is 16.1. The van der Waals surface area contributed by atoms with Gasteiger partial charge in [-0.2, -0.15) is 0 Å². The number of rotatable bonds is 18. The van der Waals surface area contributed by atoms with Crippen LogP contribution in [0.2, 0.25) is 0 Å². The quantitative estimate of drug-likeness (QED) is 0.328. The van der Waals surface area contributed by atoms with E-state index >= 15 is 0 Å². The molecule has 0 aromatic carbocycles. The average Bonchev–Trinajstić information content (AvgIpc) is 2.59. The SMILES string of the molecule is CCCCCCCCNCC(O)CCCCCCCCC(=O)NC. The minimum absolute atomic E-state index is 0.145. The van der Waals surface area contributed by atoms with Crippen molar-refractivity contribution in [2.75, 3.05) is 20.1 Å². The fourth-order valence-corrected chi connectivity index (χ4v) is 2.90. The summed E-state index contributed by atoms with van der Waals surface area (Å²) in [5, 5.41) is 16.0. The fourth-order valence-electron chi connectivity index (χ4n) is 2.90. The Hall–Kier alpha value is -0.610. The van der Waals surface area contributed by atoms with E-state index in [4.69, 9.17) is 0 Å². The van der Waals surface area contributed by atoms with E-state index in [1.165, 1.54) is 57.8 Å². The molecule has 0 saturated carbocycles. The van der Waals surface area contributed by atoms with Gasteiger partial charge in [0.1, 0.15) is 0 Å². The smallest absolute Gasteiger partial charge is 0.219 e. The predicted octanol–water partition coefficient (Wildman–Crippen LogP) is 4.16. The fraction of sp³-hybridized carbons (Fsp3) is 0.950. The van der Waals surface area contributed by atoms with Gasteiger partial charge >= 0.3 is 0 Å². The molecule has 0 saturated heterocycles. The molecule has 0 aromatic heterocycles. The van der Waals surface area contributed by atoms with E-state index in [1.807, 2.05) is 0 Å². The maximum absolute atomic E-state index is 11.1. The third-order valence-electron chi connectivity index (χ3n) is 4.56. The first-order valence-electron chi connectivity index (χ1n) is 10.3. The summed E-state index contributed by atoms with van der Waals surface area (Å²) in [5.41, 5.74) is 0. The van der Waals surface area contributed by atoms with Gasteiger partial charge in [0.2, 0.25) is 5.91 Å². The molecule has 0 heterocycles. The third kappa shape index (κ3) is 17.7. The van der Waals surface area contributed by atoms with Gasteiger partial charge < -0.3 is 15.7 Å². The van der Waals surface area contributed by atoms with Gasteiger partial charge in [0.05, 0.1) is 6.10 Å². The predicted molar refractivity (Wildman–Crippen MR) is 103 cm³/mol. The number of unbranched alkanes of at least 4 members (excludes halogenated alkanes) is 10. The highest BCUT2D eigenvalue weighted by Gasteiger charge is 2.03. The molecule has 0 aliphatic heterocycles.